The van der Waals surface area contributed by atoms with Crippen molar-refractivity contribution in [1.29, 1.82) is 0 Å². The molecular formula is C18H26N2O. The predicted molar refractivity (Wildman–Crippen MR) is 88.1 cm³/mol. The molecule has 1 aromatic rings. The predicted octanol–water partition coefficient (Wildman–Crippen LogP) is 2.81. The highest BCUT2D eigenvalue weighted by Crippen LogP contribution is 2.16. The zero-order valence-electron chi connectivity index (χ0n) is 13.7. The average molecular weight is 286 g/mol. The minimum atomic E-state index is 0.0451. The third-order valence-electron chi connectivity index (χ3n) is 3.18. The Kier molecular flexibility index (Phi) is 6.45. The fraction of sp³-hybridized carbons (Fsp3) is 0.500. The molecule has 0 heterocycles. The van der Waals surface area contributed by atoms with Crippen molar-refractivity contribution in [3.8, 4) is 11.8 Å². The minimum absolute atomic E-state index is 0.0451. The molecule has 114 valence electrons. The molecule has 1 aromatic carbocycles. The first-order chi connectivity index (χ1) is 9.86. The second-order valence-corrected chi connectivity index (χ2v) is 6.00. The lowest BCUT2D eigenvalue weighted by atomic mass is 10.0. The van der Waals surface area contributed by atoms with Crippen molar-refractivity contribution in [2.75, 3.05) is 13.1 Å². The van der Waals surface area contributed by atoms with Crippen molar-refractivity contribution in [1.82, 2.24) is 4.90 Å². The monoisotopic (exact) mass is 286 g/mol. The highest BCUT2D eigenvalue weighted by Gasteiger charge is 2.21. The largest absolute Gasteiger partial charge is 0.336 e. The summed E-state index contributed by atoms with van der Waals surface area (Å²) in [6.07, 6.45) is 0. The van der Waals surface area contributed by atoms with Gasteiger partial charge in [-0.25, -0.2) is 0 Å². The summed E-state index contributed by atoms with van der Waals surface area (Å²) >= 11 is 0. The van der Waals surface area contributed by atoms with E-state index >= 15 is 0 Å². The van der Waals surface area contributed by atoms with Gasteiger partial charge in [0.15, 0.2) is 0 Å². The Balaban J connectivity index is 3.22. The number of hydrogen-bond donors (Lipinski definition) is 1. The summed E-state index contributed by atoms with van der Waals surface area (Å²) in [5.41, 5.74) is 7.92. The fourth-order valence-corrected chi connectivity index (χ4v) is 2.17. The van der Waals surface area contributed by atoms with Crippen molar-refractivity contribution in [3.63, 3.8) is 0 Å². The first-order valence-corrected chi connectivity index (χ1v) is 7.47. The molecule has 0 aliphatic carbocycles. The molecule has 0 saturated carbocycles. The Hall–Kier alpha value is -1.79. The van der Waals surface area contributed by atoms with Crippen LogP contribution in [0.25, 0.3) is 0 Å². The number of nitrogens with zero attached hydrogens (tertiary/aromatic N) is 1. The Morgan fingerprint density at radius 1 is 1.29 bits per heavy atom. The van der Waals surface area contributed by atoms with E-state index in [4.69, 9.17) is 5.73 Å². The average Bonchev–Trinajstić information content (AvgIpc) is 2.42. The number of carbonyl (C=O) groups is 1. The number of carbonyl (C=O) groups excluding carboxylic acids is 1. The summed E-state index contributed by atoms with van der Waals surface area (Å²) in [5.74, 6) is 6.32. The van der Waals surface area contributed by atoms with Gasteiger partial charge in [-0.1, -0.05) is 37.3 Å². The molecule has 0 fully saturated rings. The second kappa shape index (κ2) is 7.85. The van der Waals surface area contributed by atoms with Crippen molar-refractivity contribution in [3.05, 3.63) is 34.9 Å². The van der Waals surface area contributed by atoms with E-state index in [2.05, 4.69) is 25.7 Å². The molecular weight excluding hydrogens is 260 g/mol. The molecule has 0 aliphatic rings. The number of benzene rings is 1. The molecule has 0 bridgehead atoms. The standard InChI is InChI=1S/C18H26N2O/c1-13(2)12-20(14(3)4)18(21)17-11-15(5)8-9-16(17)7-6-10-19/h8-9,11,13-14H,10,12,19H2,1-5H3. The van der Waals surface area contributed by atoms with Crippen LogP contribution in [0.2, 0.25) is 0 Å². The quantitative estimate of drug-likeness (QED) is 0.865. The van der Waals surface area contributed by atoms with Gasteiger partial charge in [0.25, 0.3) is 5.91 Å². The van der Waals surface area contributed by atoms with Crippen LogP contribution in [0.15, 0.2) is 18.2 Å². The first-order valence-electron chi connectivity index (χ1n) is 7.47. The summed E-state index contributed by atoms with van der Waals surface area (Å²) in [6, 6.07) is 5.95. The van der Waals surface area contributed by atoms with Gasteiger partial charge < -0.3 is 10.6 Å². The maximum absolute atomic E-state index is 12.9. The zero-order valence-corrected chi connectivity index (χ0v) is 13.7. The summed E-state index contributed by atoms with van der Waals surface area (Å²) < 4.78 is 0. The van der Waals surface area contributed by atoms with Crippen LogP contribution in [-0.2, 0) is 0 Å². The minimum Gasteiger partial charge on any atom is -0.336 e. The van der Waals surface area contributed by atoms with E-state index in [0.717, 1.165) is 17.7 Å². The van der Waals surface area contributed by atoms with Crippen LogP contribution in [0, 0.1) is 24.7 Å². The van der Waals surface area contributed by atoms with Gasteiger partial charge in [-0.15, -0.1) is 0 Å². The lowest BCUT2D eigenvalue weighted by Crippen LogP contribution is -2.39. The maximum atomic E-state index is 12.9. The van der Waals surface area contributed by atoms with E-state index in [0.29, 0.717) is 18.0 Å². The summed E-state index contributed by atoms with van der Waals surface area (Å²) in [7, 11) is 0. The van der Waals surface area contributed by atoms with E-state index in [1.807, 2.05) is 43.9 Å². The van der Waals surface area contributed by atoms with Crippen LogP contribution >= 0.6 is 0 Å². The van der Waals surface area contributed by atoms with E-state index in [-0.39, 0.29) is 11.9 Å². The van der Waals surface area contributed by atoms with E-state index in [1.54, 1.807) is 0 Å². The van der Waals surface area contributed by atoms with Crippen LogP contribution in [0.4, 0.5) is 0 Å². The van der Waals surface area contributed by atoms with Crippen molar-refractivity contribution in [2.45, 2.75) is 40.7 Å². The highest BCUT2D eigenvalue weighted by molar-refractivity contribution is 5.97. The molecule has 21 heavy (non-hydrogen) atoms. The van der Waals surface area contributed by atoms with Crippen LogP contribution in [0.5, 0.6) is 0 Å². The summed E-state index contributed by atoms with van der Waals surface area (Å²) in [5, 5.41) is 0. The molecule has 0 aliphatic heterocycles. The number of aryl methyl sites for hydroxylation is 1. The number of hydrogen-bond acceptors (Lipinski definition) is 2. The normalized spacial score (nSPS) is 10.5. The summed E-state index contributed by atoms with van der Waals surface area (Å²) in [6.45, 7) is 11.3. The fourth-order valence-electron chi connectivity index (χ4n) is 2.17. The van der Waals surface area contributed by atoms with Crippen molar-refractivity contribution >= 4 is 5.91 Å². The third kappa shape index (κ3) is 4.91. The Labute approximate surface area is 128 Å². The van der Waals surface area contributed by atoms with Crippen LogP contribution in [-0.4, -0.2) is 29.9 Å². The topological polar surface area (TPSA) is 46.3 Å². The molecule has 1 rings (SSSR count). The van der Waals surface area contributed by atoms with Crippen LogP contribution < -0.4 is 5.73 Å². The van der Waals surface area contributed by atoms with Crippen molar-refractivity contribution in [2.24, 2.45) is 11.7 Å². The maximum Gasteiger partial charge on any atom is 0.255 e. The van der Waals surface area contributed by atoms with Crippen LogP contribution in [0.3, 0.4) is 0 Å². The van der Waals surface area contributed by atoms with Crippen LogP contribution in [0.1, 0.15) is 49.2 Å². The van der Waals surface area contributed by atoms with Gasteiger partial charge in [-0.2, -0.15) is 0 Å². The molecule has 0 spiro atoms. The third-order valence-corrected chi connectivity index (χ3v) is 3.18. The molecule has 0 aromatic heterocycles. The first kappa shape index (κ1) is 17.3. The van der Waals surface area contributed by atoms with Gasteiger partial charge in [0.1, 0.15) is 0 Å². The Morgan fingerprint density at radius 2 is 1.95 bits per heavy atom. The van der Waals surface area contributed by atoms with Gasteiger partial charge >= 0.3 is 0 Å². The molecule has 0 saturated heterocycles. The van der Waals surface area contributed by atoms with E-state index in [9.17, 15) is 4.79 Å². The number of nitrogens with two attached hydrogens (primary N) is 1. The zero-order chi connectivity index (χ0) is 16.0. The van der Waals surface area contributed by atoms with Gasteiger partial charge in [0.05, 0.1) is 12.1 Å². The van der Waals surface area contributed by atoms with E-state index < -0.39 is 0 Å². The highest BCUT2D eigenvalue weighted by atomic mass is 16.2. The SMILES string of the molecule is Cc1ccc(C#CCN)c(C(=O)N(CC(C)C)C(C)C)c1. The van der Waals surface area contributed by atoms with Gasteiger partial charge in [0.2, 0.25) is 0 Å². The summed E-state index contributed by atoms with van der Waals surface area (Å²) in [4.78, 5) is 14.8. The van der Waals surface area contributed by atoms with Gasteiger partial charge in [0, 0.05) is 18.2 Å². The molecule has 0 atom stereocenters. The number of rotatable bonds is 4. The Bertz CT molecular complexity index is 550. The molecule has 1 amide bonds. The number of amides is 1. The van der Waals surface area contributed by atoms with E-state index in [1.165, 1.54) is 0 Å². The second-order valence-electron chi connectivity index (χ2n) is 6.00. The van der Waals surface area contributed by atoms with Gasteiger partial charge in [-0.3, -0.25) is 4.79 Å². The molecule has 3 nitrogen and oxygen atoms in total. The molecule has 0 radical (unpaired) electrons. The molecule has 3 heteroatoms. The molecule has 0 unspecified atom stereocenters. The van der Waals surface area contributed by atoms with Crippen molar-refractivity contribution < 1.29 is 4.79 Å². The Morgan fingerprint density at radius 3 is 2.48 bits per heavy atom. The lowest BCUT2D eigenvalue weighted by molar-refractivity contribution is 0.0681. The lowest BCUT2D eigenvalue weighted by Gasteiger charge is -2.29. The van der Waals surface area contributed by atoms with Gasteiger partial charge in [-0.05, 0) is 38.8 Å². The molecule has 2 N–H and O–H groups in total. The smallest absolute Gasteiger partial charge is 0.255 e.